The molecule has 230 valence electrons. The molecule has 4 atom stereocenters. The molecular weight excluding hydrogens is 607 g/mol. The average molecular weight is 640 g/mol. The van der Waals surface area contributed by atoms with E-state index in [1.165, 1.54) is 7.11 Å². The fraction of sp³-hybridized carbons (Fsp3) is 0.281. The van der Waals surface area contributed by atoms with Gasteiger partial charge < -0.3 is 34.5 Å². The van der Waals surface area contributed by atoms with Gasteiger partial charge in [-0.2, -0.15) is 0 Å². The van der Waals surface area contributed by atoms with Gasteiger partial charge in [0.2, 0.25) is 0 Å². The number of hydrogen-bond acceptors (Lipinski definition) is 7. The van der Waals surface area contributed by atoms with Crippen molar-refractivity contribution < 1.29 is 28.9 Å². The molecule has 10 nitrogen and oxygen atoms in total. The van der Waals surface area contributed by atoms with Crippen molar-refractivity contribution in [1.82, 2.24) is 14.9 Å². The summed E-state index contributed by atoms with van der Waals surface area (Å²) in [5, 5.41) is 15.5. The van der Waals surface area contributed by atoms with E-state index in [-0.39, 0.29) is 30.4 Å². The van der Waals surface area contributed by atoms with Crippen molar-refractivity contribution in [3.63, 3.8) is 0 Å². The molecule has 0 saturated carbocycles. The van der Waals surface area contributed by atoms with E-state index < -0.39 is 24.3 Å². The van der Waals surface area contributed by atoms with Gasteiger partial charge in [0.15, 0.2) is 11.4 Å². The van der Waals surface area contributed by atoms with Gasteiger partial charge >= 0.3 is 12.0 Å². The molecule has 3 N–H and O–H groups in total. The monoisotopic (exact) mass is 638 g/mol. The second-order valence-corrected chi connectivity index (χ2v) is 11.0. The molecule has 0 aliphatic carbocycles. The second-order valence-electron chi connectivity index (χ2n) is 10.3. The third kappa shape index (κ3) is 7.96. The molecule has 2 heterocycles. The summed E-state index contributed by atoms with van der Waals surface area (Å²) >= 11 is 12.4. The van der Waals surface area contributed by atoms with Crippen LogP contribution in [0.5, 0.6) is 0 Å². The molecular formula is C32H32Cl2N4O6. The van der Waals surface area contributed by atoms with Gasteiger partial charge in [0.1, 0.15) is 11.2 Å². The summed E-state index contributed by atoms with van der Waals surface area (Å²) < 4.78 is 19.4. The van der Waals surface area contributed by atoms with Crippen molar-refractivity contribution in [1.29, 1.82) is 0 Å². The number of carbonyl (C=O) groups is 2. The minimum absolute atomic E-state index is 0.0555. The molecule has 12 heteroatoms. The van der Waals surface area contributed by atoms with Crippen LogP contribution in [-0.2, 0) is 38.6 Å². The molecule has 1 fully saturated rings. The van der Waals surface area contributed by atoms with Gasteiger partial charge in [-0.1, -0.05) is 89.9 Å². The molecule has 2 amide bonds. The Bertz CT molecular complexity index is 1570. The predicted octanol–water partition coefficient (Wildman–Crippen LogP) is 5.83. The molecule has 4 aromatic rings. The second kappa shape index (κ2) is 14.7. The van der Waals surface area contributed by atoms with Gasteiger partial charge in [-0.3, -0.25) is 0 Å². The smallest absolute Gasteiger partial charge is 0.328 e. The number of anilines is 1. The van der Waals surface area contributed by atoms with Crippen LogP contribution < -0.4 is 10.6 Å². The Kier molecular flexibility index (Phi) is 10.5. The van der Waals surface area contributed by atoms with Gasteiger partial charge in [-0.25, -0.2) is 14.6 Å². The van der Waals surface area contributed by atoms with Gasteiger partial charge in [0.05, 0.1) is 38.8 Å². The highest BCUT2D eigenvalue weighted by atomic mass is 35.5. The van der Waals surface area contributed by atoms with Crippen LogP contribution in [0.2, 0.25) is 10.3 Å². The highest BCUT2D eigenvalue weighted by Gasteiger charge is 2.33. The first kappa shape index (κ1) is 31.5. The van der Waals surface area contributed by atoms with Crippen LogP contribution in [0.4, 0.5) is 10.5 Å². The van der Waals surface area contributed by atoms with Crippen molar-refractivity contribution >= 4 is 40.9 Å². The highest BCUT2D eigenvalue weighted by molar-refractivity contribution is 6.40. The first-order valence-electron chi connectivity index (χ1n) is 14.0. The van der Waals surface area contributed by atoms with Crippen LogP contribution in [-0.4, -0.2) is 45.9 Å². The summed E-state index contributed by atoms with van der Waals surface area (Å²) in [4.78, 5) is 29.4. The molecule has 0 bridgehead atoms. The van der Waals surface area contributed by atoms with E-state index >= 15 is 0 Å². The van der Waals surface area contributed by atoms with Crippen LogP contribution in [0.3, 0.4) is 0 Å². The Balaban J connectivity index is 1.32. The Morgan fingerprint density at radius 1 is 1.02 bits per heavy atom. The van der Waals surface area contributed by atoms with Crippen LogP contribution in [0.15, 0.2) is 85.2 Å². The number of amides is 2. The zero-order chi connectivity index (χ0) is 31.1. The maximum Gasteiger partial charge on any atom is 0.328 e. The molecule has 44 heavy (non-hydrogen) atoms. The van der Waals surface area contributed by atoms with Gasteiger partial charge in [-0.05, 0) is 28.8 Å². The molecule has 1 aliphatic rings. The topological polar surface area (TPSA) is 124 Å². The molecule has 0 radical (unpaired) electrons. The number of methoxy groups -OCH3 is 1. The van der Waals surface area contributed by atoms with Crippen molar-refractivity contribution in [2.75, 3.05) is 12.4 Å². The number of nitrogens with zero attached hydrogens (tertiary/aromatic N) is 2. The quantitative estimate of drug-likeness (QED) is 0.187. The number of ether oxygens (including phenoxy) is 3. The lowest BCUT2D eigenvalue weighted by atomic mass is 10.00. The molecule has 3 aromatic carbocycles. The maximum atomic E-state index is 13.0. The molecule has 0 spiro atoms. The maximum absolute atomic E-state index is 13.0. The average Bonchev–Trinajstić information content (AvgIpc) is 3.36. The molecule has 0 unspecified atom stereocenters. The van der Waals surface area contributed by atoms with Gasteiger partial charge in [0, 0.05) is 24.1 Å². The van der Waals surface area contributed by atoms with Crippen LogP contribution in [0, 0.1) is 0 Å². The number of aliphatic hydroxyl groups is 1. The fourth-order valence-electron chi connectivity index (χ4n) is 5.00. The number of urea groups is 1. The summed E-state index contributed by atoms with van der Waals surface area (Å²) in [7, 11) is 1.28. The van der Waals surface area contributed by atoms with E-state index in [9.17, 15) is 14.7 Å². The number of benzene rings is 3. The number of nitrogens with one attached hydrogen (secondary N) is 2. The number of hydrogen-bond donors (Lipinski definition) is 3. The number of imidazole rings is 1. The van der Waals surface area contributed by atoms with E-state index in [1.807, 2.05) is 60.7 Å². The zero-order valence-corrected chi connectivity index (χ0v) is 25.4. The van der Waals surface area contributed by atoms with E-state index in [4.69, 9.17) is 37.4 Å². The van der Waals surface area contributed by atoms with Gasteiger partial charge in [0.25, 0.3) is 0 Å². The lowest BCUT2D eigenvalue weighted by Crippen LogP contribution is -2.45. The number of carbonyl (C=O) groups excluding carboxylic acids is 2. The third-order valence-electron chi connectivity index (χ3n) is 7.24. The number of aliphatic hydroxyl groups excluding tert-OH is 1. The summed E-state index contributed by atoms with van der Waals surface area (Å²) in [5.41, 5.74) is 3.75. The van der Waals surface area contributed by atoms with Crippen LogP contribution >= 0.6 is 23.2 Å². The molecule has 5 rings (SSSR count). The van der Waals surface area contributed by atoms with E-state index in [0.29, 0.717) is 29.4 Å². The van der Waals surface area contributed by atoms with Crippen LogP contribution in [0.25, 0.3) is 0 Å². The van der Waals surface area contributed by atoms with Crippen LogP contribution in [0.1, 0.15) is 41.1 Å². The first-order chi connectivity index (χ1) is 21.3. The lowest BCUT2D eigenvalue weighted by molar-refractivity contribution is -0.252. The highest BCUT2D eigenvalue weighted by Crippen LogP contribution is 2.39. The molecule has 1 saturated heterocycles. The largest absolute Gasteiger partial charge is 0.467 e. The Hall–Kier alpha value is -3.93. The van der Waals surface area contributed by atoms with Crippen molar-refractivity contribution in [3.8, 4) is 0 Å². The Morgan fingerprint density at radius 2 is 1.80 bits per heavy atom. The normalized spacial score (nSPS) is 18.8. The van der Waals surface area contributed by atoms with Crippen molar-refractivity contribution in [2.24, 2.45) is 0 Å². The first-order valence-corrected chi connectivity index (χ1v) is 14.7. The summed E-state index contributed by atoms with van der Waals surface area (Å²) in [6.07, 6.45) is 0.934. The molecule has 1 aliphatic heterocycles. The Labute approximate surface area is 264 Å². The predicted molar refractivity (Wildman–Crippen MR) is 165 cm³/mol. The fourth-order valence-corrected chi connectivity index (χ4v) is 5.31. The van der Waals surface area contributed by atoms with E-state index in [0.717, 1.165) is 16.7 Å². The number of esters is 1. The minimum Gasteiger partial charge on any atom is -0.467 e. The molecule has 1 aromatic heterocycles. The summed E-state index contributed by atoms with van der Waals surface area (Å²) in [5.74, 6) is -0.551. The number of halogens is 2. The minimum atomic E-state index is -0.877. The number of rotatable bonds is 10. The SMILES string of the molecule is COC(=O)[C@H](Cc1ccccc1)NC(=O)Nc1cccc([C@@H]2O[C@H](Cn3cnc(Cl)c3Cl)C[C@H](c3ccc(CO)cc3)O2)c1. The van der Waals surface area contributed by atoms with Crippen molar-refractivity contribution in [2.45, 2.75) is 50.5 Å². The summed E-state index contributed by atoms with van der Waals surface area (Å²) in [6, 6.07) is 22.6. The van der Waals surface area contributed by atoms with Crippen molar-refractivity contribution in [3.05, 3.63) is 118 Å². The standard InChI is InChI=1S/C32H32Cl2N4O6/c1-42-30(40)26(14-20-6-3-2-4-7-20)37-32(41)36-24-9-5-8-23(15-24)31-43-25(17-38-19-35-28(33)29(38)34)16-27(44-31)22-12-10-21(18-39)11-13-22/h2-13,15,19,25-27,31,39H,14,16-18H2,1H3,(H2,36,37,41)/t25-,26-,27+,31+/m0/s1. The lowest BCUT2D eigenvalue weighted by Gasteiger charge is -2.36. The van der Waals surface area contributed by atoms with E-state index in [2.05, 4.69) is 15.6 Å². The Morgan fingerprint density at radius 3 is 2.48 bits per heavy atom. The summed E-state index contributed by atoms with van der Waals surface area (Å²) in [6.45, 7) is 0.334. The third-order valence-corrected chi connectivity index (χ3v) is 8.01. The van der Waals surface area contributed by atoms with E-state index in [1.54, 1.807) is 29.1 Å². The van der Waals surface area contributed by atoms with Gasteiger partial charge in [-0.15, -0.1) is 0 Å². The zero-order valence-electron chi connectivity index (χ0n) is 23.9. The number of aromatic nitrogens is 2.